The summed E-state index contributed by atoms with van der Waals surface area (Å²) >= 11 is 0. The number of fused-ring (bicyclic) bond motifs is 5. The highest BCUT2D eigenvalue weighted by Gasteiger charge is 2.68. The molecule has 5 rings (SSSR count). The average Bonchev–Trinajstić information content (AvgIpc) is 3.44. The number of ether oxygens (including phenoxy) is 1. The first-order valence-electron chi connectivity index (χ1n) is 10.6. The summed E-state index contributed by atoms with van der Waals surface area (Å²) in [5.74, 6) is -3.39. The monoisotopic (exact) mass is 447 g/mol. The van der Waals surface area contributed by atoms with Crippen LogP contribution in [0.2, 0.25) is 0 Å². The molecule has 2 fully saturated rings. The molecule has 168 valence electrons. The Morgan fingerprint density at radius 1 is 1.18 bits per heavy atom. The van der Waals surface area contributed by atoms with Gasteiger partial charge in [-0.15, -0.1) is 0 Å². The zero-order valence-electron chi connectivity index (χ0n) is 17.7. The summed E-state index contributed by atoms with van der Waals surface area (Å²) in [5, 5.41) is 11.7. The molecule has 3 amide bonds. The topological polar surface area (TPSA) is 126 Å². The fourth-order valence-corrected chi connectivity index (χ4v) is 4.92. The number of likely N-dealkylation sites (tertiary alicyclic amines) is 1. The molecular formula is C24H21N3O6. The number of carboxylic acids is 1. The minimum atomic E-state index is -1.18. The van der Waals surface area contributed by atoms with E-state index in [1.54, 1.807) is 48.6 Å². The Labute approximate surface area is 189 Å². The van der Waals surface area contributed by atoms with E-state index in [1.165, 1.54) is 0 Å². The molecule has 0 radical (unpaired) electrons. The molecule has 33 heavy (non-hydrogen) atoms. The van der Waals surface area contributed by atoms with Gasteiger partial charge in [0.15, 0.2) is 0 Å². The molecule has 2 aromatic rings. The molecule has 4 heterocycles. The second kappa shape index (κ2) is 7.63. The van der Waals surface area contributed by atoms with E-state index < -0.39 is 41.3 Å². The molecule has 2 N–H and O–H groups in total. The molecule has 2 saturated heterocycles. The standard InChI is InChI=1S/C24H21N3O6/c1-13-4-2-7-17(25-13)26-21(30)14-5-3-6-15(12-14)24-10-8-16(33-24)19-20(24)23(32)27(22(19)31)11-9-18(28)29/h2-8,10,12,16,19-20H,9,11H2,1H3,(H,28,29)(H,25,26,30)/t16-,19-,20+,24-/m1/s1. The van der Waals surface area contributed by atoms with Gasteiger partial charge in [0.25, 0.3) is 5.91 Å². The largest absolute Gasteiger partial charge is 0.481 e. The summed E-state index contributed by atoms with van der Waals surface area (Å²) in [7, 11) is 0. The van der Waals surface area contributed by atoms with E-state index in [0.29, 0.717) is 16.9 Å². The van der Waals surface area contributed by atoms with E-state index in [4.69, 9.17) is 9.84 Å². The number of carbonyl (C=O) groups excluding carboxylic acids is 3. The number of hydrogen-bond donors (Lipinski definition) is 2. The number of carbonyl (C=O) groups is 4. The number of nitrogens with zero attached hydrogens (tertiary/aromatic N) is 2. The minimum Gasteiger partial charge on any atom is -0.481 e. The number of pyridine rings is 1. The van der Waals surface area contributed by atoms with Crippen LogP contribution in [0.3, 0.4) is 0 Å². The van der Waals surface area contributed by atoms with Crippen molar-refractivity contribution >= 4 is 29.5 Å². The van der Waals surface area contributed by atoms with Gasteiger partial charge in [-0.3, -0.25) is 24.1 Å². The van der Waals surface area contributed by atoms with E-state index in [9.17, 15) is 19.2 Å². The second-order valence-electron chi connectivity index (χ2n) is 8.41. The fraction of sp³-hybridized carbons (Fsp3) is 0.292. The van der Waals surface area contributed by atoms with Gasteiger partial charge >= 0.3 is 5.97 Å². The van der Waals surface area contributed by atoms with Crippen molar-refractivity contribution in [2.45, 2.75) is 25.0 Å². The summed E-state index contributed by atoms with van der Waals surface area (Å²) in [6, 6.07) is 12.1. The lowest BCUT2D eigenvalue weighted by Gasteiger charge is -2.29. The van der Waals surface area contributed by atoms with Crippen LogP contribution in [0.5, 0.6) is 0 Å². The van der Waals surface area contributed by atoms with Crippen LogP contribution in [-0.2, 0) is 24.7 Å². The first-order valence-corrected chi connectivity index (χ1v) is 10.6. The van der Waals surface area contributed by atoms with Gasteiger partial charge < -0.3 is 15.2 Å². The van der Waals surface area contributed by atoms with Crippen molar-refractivity contribution in [2.24, 2.45) is 11.8 Å². The van der Waals surface area contributed by atoms with Crippen LogP contribution in [-0.4, -0.2) is 51.3 Å². The molecule has 9 heteroatoms. The van der Waals surface area contributed by atoms with Crippen molar-refractivity contribution in [3.05, 3.63) is 71.4 Å². The van der Waals surface area contributed by atoms with Crippen molar-refractivity contribution in [1.82, 2.24) is 9.88 Å². The molecule has 3 aliphatic rings. The number of hydrogen-bond acceptors (Lipinski definition) is 6. The Balaban J connectivity index is 1.44. The number of aromatic nitrogens is 1. The number of nitrogens with one attached hydrogen (secondary N) is 1. The maximum atomic E-state index is 13.2. The summed E-state index contributed by atoms with van der Waals surface area (Å²) < 4.78 is 6.16. The molecule has 3 aliphatic heterocycles. The van der Waals surface area contributed by atoms with Crippen molar-refractivity contribution in [3.63, 3.8) is 0 Å². The number of imide groups is 1. The third-order valence-corrected chi connectivity index (χ3v) is 6.38. The number of aryl methyl sites for hydroxylation is 1. The molecule has 0 unspecified atom stereocenters. The highest BCUT2D eigenvalue weighted by molar-refractivity contribution is 6.08. The van der Waals surface area contributed by atoms with Gasteiger partial charge in [0.2, 0.25) is 11.8 Å². The number of anilines is 1. The molecule has 0 saturated carbocycles. The Hall–Kier alpha value is -3.85. The van der Waals surface area contributed by atoms with Gasteiger partial charge in [0, 0.05) is 17.8 Å². The molecule has 4 atom stereocenters. The maximum Gasteiger partial charge on any atom is 0.305 e. The van der Waals surface area contributed by atoms with E-state index in [1.807, 2.05) is 13.0 Å². The lowest BCUT2D eigenvalue weighted by atomic mass is 9.73. The lowest BCUT2D eigenvalue weighted by molar-refractivity contribution is -0.145. The normalized spacial score (nSPS) is 27.2. The van der Waals surface area contributed by atoms with Crippen LogP contribution in [0.15, 0.2) is 54.6 Å². The smallest absolute Gasteiger partial charge is 0.305 e. The number of benzene rings is 1. The third kappa shape index (κ3) is 3.32. The van der Waals surface area contributed by atoms with Gasteiger partial charge in [0.05, 0.1) is 24.4 Å². The first-order chi connectivity index (χ1) is 15.8. The van der Waals surface area contributed by atoms with Gasteiger partial charge in [-0.1, -0.05) is 24.3 Å². The Morgan fingerprint density at radius 3 is 2.73 bits per heavy atom. The number of carboxylic acid groups (broad SMARTS) is 1. The van der Waals surface area contributed by atoms with Crippen LogP contribution in [0.4, 0.5) is 5.82 Å². The first kappa shape index (κ1) is 21.0. The van der Waals surface area contributed by atoms with Crippen LogP contribution in [0, 0.1) is 18.8 Å². The summed E-state index contributed by atoms with van der Waals surface area (Å²) in [5.41, 5.74) is 0.524. The highest BCUT2D eigenvalue weighted by atomic mass is 16.5. The van der Waals surface area contributed by atoms with Crippen molar-refractivity contribution in [1.29, 1.82) is 0 Å². The average molecular weight is 447 g/mol. The van der Waals surface area contributed by atoms with Crippen molar-refractivity contribution in [3.8, 4) is 0 Å². The minimum absolute atomic E-state index is 0.172. The van der Waals surface area contributed by atoms with Crippen LogP contribution in [0.1, 0.15) is 28.0 Å². The molecular weight excluding hydrogens is 426 g/mol. The number of aliphatic carboxylic acids is 1. The maximum absolute atomic E-state index is 13.2. The van der Waals surface area contributed by atoms with E-state index in [0.717, 1.165) is 10.6 Å². The number of rotatable bonds is 6. The predicted molar refractivity (Wildman–Crippen MR) is 115 cm³/mol. The SMILES string of the molecule is Cc1cccc(NC(=O)c2cccc([C@@]34C=C[C@@H](O3)[C@H]3C(=O)N(CCC(=O)O)C(=O)[C@H]34)c2)n1. The summed E-state index contributed by atoms with van der Waals surface area (Å²) in [6.07, 6.45) is 2.64. The van der Waals surface area contributed by atoms with E-state index in [-0.39, 0.29) is 18.9 Å². The Morgan fingerprint density at radius 2 is 1.97 bits per heavy atom. The molecule has 1 aromatic heterocycles. The summed E-state index contributed by atoms with van der Waals surface area (Å²) in [6.45, 7) is 1.65. The predicted octanol–water partition coefficient (Wildman–Crippen LogP) is 1.88. The van der Waals surface area contributed by atoms with Gasteiger partial charge in [0.1, 0.15) is 11.4 Å². The highest BCUT2D eigenvalue weighted by Crippen LogP contribution is 2.56. The van der Waals surface area contributed by atoms with Gasteiger partial charge in [-0.05, 0) is 42.8 Å². The summed E-state index contributed by atoms with van der Waals surface area (Å²) in [4.78, 5) is 55.2. The lowest BCUT2D eigenvalue weighted by Crippen LogP contribution is -2.39. The molecule has 0 aliphatic carbocycles. The van der Waals surface area contributed by atoms with Crippen molar-refractivity contribution < 1.29 is 29.0 Å². The van der Waals surface area contributed by atoms with Gasteiger partial charge in [-0.2, -0.15) is 0 Å². The fourth-order valence-electron chi connectivity index (χ4n) is 4.92. The van der Waals surface area contributed by atoms with Crippen LogP contribution >= 0.6 is 0 Å². The number of amides is 3. The zero-order chi connectivity index (χ0) is 23.3. The molecule has 0 spiro atoms. The molecule has 9 nitrogen and oxygen atoms in total. The van der Waals surface area contributed by atoms with Crippen LogP contribution < -0.4 is 5.32 Å². The molecule has 1 aromatic carbocycles. The van der Waals surface area contributed by atoms with E-state index in [2.05, 4.69) is 10.3 Å². The second-order valence-corrected chi connectivity index (χ2v) is 8.41. The van der Waals surface area contributed by atoms with Crippen molar-refractivity contribution in [2.75, 3.05) is 11.9 Å². The Bertz CT molecular complexity index is 1220. The zero-order valence-corrected chi connectivity index (χ0v) is 17.7. The molecule has 2 bridgehead atoms. The van der Waals surface area contributed by atoms with Crippen LogP contribution in [0.25, 0.3) is 0 Å². The third-order valence-electron chi connectivity index (χ3n) is 6.38. The Kier molecular flexibility index (Phi) is 4.86. The van der Waals surface area contributed by atoms with Gasteiger partial charge in [-0.25, -0.2) is 4.98 Å². The van der Waals surface area contributed by atoms with E-state index >= 15 is 0 Å². The quantitative estimate of drug-likeness (QED) is 0.511.